The molecule has 0 spiro atoms. The molecule has 0 saturated heterocycles. The third-order valence-electron chi connectivity index (χ3n) is 2.16. The molecule has 0 fully saturated rings. The van der Waals surface area contributed by atoms with Crippen molar-refractivity contribution in [2.45, 2.75) is 18.4 Å². The molecule has 1 aromatic heterocycles. The molecule has 0 saturated carbocycles. The Balaban J connectivity index is 2.69. The first-order valence-electron chi connectivity index (χ1n) is 5.41. The van der Waals surface area contributed by atoms with Crippen LogP contribution in [0.2, 0.25) is 0 Å². The molecule has 1 aromatic rings. The van der Waals surface area contributed by atoms with Crippen LogP contribution in [0.1, 0.15) is 13.3 Å². The van der Waals surface area contributed by atoms with Crippen LogP contribution >= 0.6 is 0 Å². The highest BCUT2D eigenvalue weighted by atomic mass is 32.2. The minimum absolute atomic E-state index is 0.0982. The van der Waals surface area contributed by atoms with E-state index in [1.165, 1.54) is 17.9 Å². The van der Waals surface area contributed by atoms with Crippen LogP contribution in [0.5, 0.6) is 0 Å². The Labute approximate surface area is 106 Å². The maximum Gasteiger partial charge on any atom is 0.260 e. The summed E-state index contributed by atoms with van der Waals surface area (Å²) in [5.74, 6) is -0.486. The molecule has 8 nitrogen and oxygen atoms in total. The summed E-state index contributed by atoms with van der Waals surface area (Å²) < 4.78 is 27.2. The number of hydrogen-bond acceptors (Lipinski definition) is 5. The van der Waals surface area contributed by atoms with Gasteiger partial charge in [-0.05, 0) is 6.42 Å². The van der Waals surface area contributed by atoms with Crippen molar-refractivity contribution >= 4 is 21.7 Å². The number of anilines is 1. The van der Waals surface area contributed by atoms with E-state index in [9.17, 15) is 13.2 Å². The molecule has 1 heterocycles. The largest absolute Gasteiger partial charge is 0.381 e. The number of imidazole rings is 1. The van der Waals surface area contributed by atoms with Crippen LogP contribution in [0.4, 0.5) is 5.82 Å². The van der Waals surface area contributed by atoms with Gasteiger partial charge in [0.2, 0.25) is 5.91 Å². The summed E-state index contributed by atoms with van der Waals surface area (Å²) >= 11 is 0. The van der Waals surface area contributed by atoms with Gasteiger partial charge in [0, 0.05) is 13.6 Å². The van der Waals surface area contributed by atoms with E-state index >= 15 is 0 Å². The molecule has 1 amide bonds. The molecular formula is C9H17N5O3S. The van der Waals surface area contributed by atoms with Gasteiger partial charge in [-0.15, -0.1) is 0 Å². The fraction of sp³-hybridized carbons (Fsp3) is 0.556. The van der Waals surface area contributed by atoms with Crippen molar-refractivity contribution in [3.05, 3.63) is 6.33 Å². The summed E-state index contributed by atoms with van der Waals surface area (Å²) in [7, 11) is -2.32. The quantitative estimate of drug-likeness (QED) is 0.603. The van der Waals surface area contributed by atoms with Crippen LogP contribution in [-0.4, -0.2) is 37.0 Å². The Bertz CT molecular complexity index is 503. The maximum atomic E-state index is 11.9. The van der Waals surface area contributed by atoms with Crippen molar-refractivity contribution in [1.82, 2.24) is 19.6 Å². The fourth-order valence-electron chi connectivity index (χ4n) is 1.32. The smallest absolute Gasteiger partial charge is 0.260 e. The summed E-state index contributed by atoms with van der Waals surface area (Å²) in [5, 5.41) is 2.41. The average molecular weight is 275 g/mol. The molecule has 0 atom stereocenters. The highest BCUT2D eigenvalue weighted by molar-refractivity contribution is 7.89. The predicted molar refractivity (Wildman–Crippen MR) is 66.1 cm³/mol. The second-order valence-electron chi connectivity index (χ2n) is 3.72. The lowest BCUT2D eigenvalue weighted by Crippen LogP contribution is -2.37. The van der Waals surface area contributed by atoms with Gasteiger partial charge in [0.15, 0.2) is 10.8 Å². The van der Waals surface area contributed by atoms with Crippen LogP contribution in [0.15, 0.2) is 11.4 Å². The Morgan fingerprint density at radius 1 is 1.56 bits per heavy atom. The van der Waals surface area contributed by atoms with E-state index in [1.807, 2.05) is 6.92 Å². The van der Waals surface area contributed by atoms with E-state index in [2.05, 4.69) is 15.0 Å². The number of rotatable bonds is 6. The molecule has 0 aliphatic carbocycles. The molecule has 0 unspecified atom stereocenters. The minimum atomic E-state index is -3.83. The second kappa shape index (κ2) is 5.83. The normalized spacial score (nSPS) is 11.4. The van der Waals surface area contributed by atoms with Gasteiger partial charge in [0.05, 0.1) is 12.9 Å². The highest BCUT2D eigenvalue weighted by Gasteiger charge is 2.22. The van der Waals surface area contributed by atoms with Crippen molar-refractivity contribution < 1.29 is 13.2 Å². The maximum absolute atomic E-state index is 11.9. The van der Waals surface area contributed by atoms with Crippen molar-refractivity contribution in [3.63, 3.8) is 0 Å². The monoisotopic (exact) mass is 275 g/mol. The van der Waals surface area contributed by atoms with E-state index < -0.39 is 10.0 Å². The zero-order valence-corrected chi connectivity index (χ0v) is 11.1. The lowest BCUT2D eigenvalue weighted by molar-refractivity contribution is -0.119. The third kappa shape index (κ3) is 3.44. The van der Waals surface area contributed by atoms with E-state index in [1.54, 1.807) is 0 Å². The minimum Gasteiger partial charge on any atom is -0.381 e. The first-order valence-corrected chi connectivity index (χ1v) is 6.90. The number of carbonyl (C=O) groups is 1. The van der Waals surface area contributed by atoms with Crippen molar-refractivity contribution in [3.8, 4) is 0 Å². The van der Waals surface area contributed by atoms with Crippen LogP contribution in [-0.2, 0) is 21.9 Å². The van der Waals surface area contributed by atoms with E-state index in [4.69, 9.17) is 5.73 Å². The van der Waals surface area contributed by atoms with E-state index in [0.29, 0.717) is 6.54 Å². The van der Waals surface area contributed by atoms with Gasteiger partial charge in [-0.1, -0.05) is 6.92 Å². The lowest BCUT2D eigenvalue weighted by atomic mass is 10.5. The van der Waals surface area contributed by atoms with Gasteiger partial charge in [0.25, 0.3) is 10.0 Å². The lowest BCUT2D eigenvalue weighted by Gasteiger charge is -2.08. The molecule has 0 aliphatic rings. The number of nitrogen functional groups attached to an aromatic ring is 1. The van der Waals surface area contributed by atoms with Crippen LogP contribution in [0.25, 0.3) is 0 Å². The molecule has 0 bridgehead atoms. The van der Waals surface area contributed by atoms with E-state index in [0.717, 1.165) is 6.42 Å². The zero-order chi connectivity index (χ0) is 13.8. The van der Waals surface area contributed by atoms with Crippen molar-refractivity contribution in [1.29, 1.82) is 0 Å². The first kappa shape index (κ1) is 14.5. The Morgan fingerprint density at radius 3 is 2.72 bits per heavy atom. The van der Waals surface area contributed by atoms with Gasteiger partial charge in [0.1, 0.15) is 0 Å². The molecule has 0 aromatic carbocycles. The number of aromatic nitrogens is 2. The number of nitrogens with one attached hydrogen (secondary N) is 2. The Hall–Kier alpha value is -1.61. The van der Waals surface area contributed by atoms with E-state index in [-0.39, 0.29) is 23.3 Å². The van der Waals surface area contributed by atoms with Crippen LogP contribution in [0, 0.1) is 0 Å². The molecule has 0 aliphatic heterocycles. The number of hydrogen-bond donors (Lipinski definition) is 3. The number of carbonyl (C=O) groups excluding carboxylic acids is 1. The molecule has 18 heavy (non-hydrogen) atoms. The molecule has 0 radical (unpaired) electrons. The zero-order valence-electron chi connectivity index (χ0n) is 10.3. The summed E-state index contributed by atoms with van der Waals surface area (Å²) in [6.45, 7) is 2.09. The summed E-state index contributed by atoms with van der Waals surface area (Å²) in [6, 6.07) is 0. The molecule has 102 valence electrons. The second-order valence-corrected chi connectivity index (χ2v) is 5.40. The number of amides is 1. The molecule has 9 heteroatoms. The molecule has 1 rings (SSSR count). The van der Waals surface area contributed by atoms with Crippen LogP contribution < -0.4 is 15.8 Å². The molecular weight excluding hydrogens is 258 g/mol. The van der Waals surface area contributed by atoms with Gasteiger partial charge < -0.3 is 15.6 Å². The fourth-order valence-corrected chi connectivity index (χ4v) is 2.53. The van der Waals surface area contributed by atoms with Gasteiger partial charge in [-0.25, -0.2) is 18.1 Å². The number of nitrogens with two attached hydrogens (primary N) is 1. The standard InChI is InChI=1S/C9H17N5O3S/c1-3-4-11-7(15)5-13-18(16,17)9-8(10)12-6-14(9)2/h6,13H,3-5,10H2,1-2H3,(H,11,15). The van der Waals surface area contributed by atoms with Gasteiger partial charge in [-0.2, -0.15) is 0 Å². The average Bonchev–Trinajstić information content (AvgIpc) is 2.64. The van der Waals surface area contributed by atoms with Crippen molar-refractivity contribution in [2.75, 3.05) is 18.8 Å². The van der Waals surface area contributed by atoms with Crippen LogP contribution in [0.3, 0.4) is 0 Å². The predicted octanol–water partition coefficient (Wildman–Crippen LogP) is -1.19. The number of sulfonamides is 1. The SMILES string of the molecule is CCCNC(=O)CNS(=O)(=O)c1c(N)ncn1C. The molecule has 4 N–H and O–H groups in total. The third-order valence-corrected chi connectivity index (χ3v) is 3.69. The van der Waals surface area contributed by atoms with Gasteiger partial charge >= 0.3 is 0 Å². The summed E-state index contributed by atoms with van der Waals surface area (Å²) in [5.41, 5.74) is 5.46. The Morgan fingerprint density at radius 2 is 2.22 bits per heavy atom. The number of aryl methyl sites for hydroxylation is 1. The number of nitrogens with zero attached hydrogens (tertiary/aromatic N) is 2. The summed E-state index contributed by atoms with van der Waals surface area (Å²) in [4.78, 5) is 15.0. The Kier molecular flexibility index (Phi) is 4.68. The van der Waals surface area contributed by atoms with Gasteiger partial charge in [-0.3, -0.25) is 4.79 Å². The highest BCUT2D eigenvalue weighted by Crippen LogP contribution is 2.14. The summed E-state index contributed by atoms with van der Waals surface area (Å²) in [6.07, 6.45) is 2.08. The topological polar surface area (TPSA) is 119 Å². The van der Waals surface area contributed by atoms with Crippen molar-refractivity contribution in [2.24, 2.45) is 7.05 Å². The first-order chi connectivity index (χ1) is 8.38.